The lowest BCUT2D eigenvalue weighted by molar-refractivity contribution is -0.0272. The van der Waals surface area contributed by atoms with Gasteiger partial charge in [-0.1, -0.05) is 0 Å². The van der Waals surface area contributed by atoms with Gasteiger partial charge in [-0.05, 0) is 40.2 Å². The second kappa shape index (κ2) is 5.83. The average Bonchev–Trinajstić information content (AvgIpc) is 2.16. The highest BCUT2D eigenvalue weighted by Gasteiger charge is 2.19. The Morgan fingerprint density at radius 2 is 2.07 bits per heavy atom. The molecule has 1 aliphatic rings. The topological polar surface area (TPSA) is 21.7 Å². The molecule has 0 spiro atoms. The third-order valence-corrected chi connectivity index (χ3v) is 2.74. The Labute approximate surface area is 93.7 Å². The summed E-state index contributed by atoms with van der Waals surface area (Å²) in [7, 11) is 1.81. The van der Waals surface area contributed by atoms with Crippen LogP contribution in [0, 0.1) is 0 Å². The van der Waals surface area contributed by atoms with Crippen LogP contribution in [-0.2, 0) is 9.47 Å². The first kappa shape index (κ1) is 12.9. The number of ether oxygens (including phenoxy) is 2. The van der Waals surface area contributed by atoms with Crippen molar-refractivity contribution in [3.8, 4) is 0 Å². The minimum Gasteiger partial charge on any atom is -0.380 e. The van der Waals surface area contributed by atoms with Crippen molar-refractivity contribution in [2.45, 2.75) is 45.3 Å². The van der Waals surface area contributed by atoms with Crippen molar-refractivity contribution >= 4 is 0 Å². The molecule has 0 aliphatic carbocycles. The molecule has 0 amide bonds. The summed E-state index contributed by atoms with van der Waals surface area (Å²) in [4.78, 5) is 2.43. The van der Waals surface area contributed by atoms with E-state index in [1.807, 2.05) is 0 Å². The minimum absolute atomic E-state index is 0.0174. The van der Waals surface area contributed by atoms with E-state index in [4.69, 9.17) is 9.47 Å². The second-order valence-corrected chi connectivity index (χ2v) is 5.26. The van der Waals surface area contributed by atoms with Crippen LogP contribution in [0.4, 0.5) is 0 Å². The molecule has 1 fully saturated rings. The quantitative estimate of drug-likeness (QED) is 0.715. The van der Waals surface area contributed by atoms with E-state index in [-0.39, 0.29) is 5.60 Å². The molecule has 0 N–H and O–H groups in total. The third-order valence-electron chi connectivity index (χ3n) is 2.74. The summed E-state index contributed by atoms with van der Waals surface area (Å²) in [6.07, 6.45) is 2.87. The molecule has 0 saturated carbocycles. The van der Waals surface area contributed by atoms with Gasteiger partial charge in [-0.15, -0.1) is 0 Å². The second-order valence-electron chi connectivity index (χ2n) is 5.26. The van der Waals surface area contributed by atoms with Crippen molar-refractivity contribution in [1.29, 1.82) is 0 Å². The first-order valence-electron chi connectivity index (χ1n) is 5.90. The Hall–Kier alpha value is -0.120. The number of hydrogen-bond donors (Lipinski definition) is 0. The van der Waals surface area contributed by atoms with Gasteiger partial charge in [0.2, 0.25) is 0 Å². The maximum atomic E-state index is 5.72. The zero-order valence-corrected chi connectivity index (χ0v) is 10.6. The summed E-state index contributed by atoms with van der Waals surface area (Å²) in [6.45, 7) is 10.4. The van der Waals surface area contributed by atoms with E-state index in [0.29, 0.717) is 6.10 Å². The maximum Gasteiger partial charge on any atom is 0.0698 e. The number of methoxy groups -OCH3 is 1. The van der Waals surface area contributed by atoms with Gasteiger partial charge < -0.3 is 9.47 Å². The summed E-state index contributed by atoms with van der Waals surface area (Å²) in [6, 6.07) is 0. The van der Waals surface area contributed by atoms with Crippen LogP contribution in [0.25, 0.3) is 0 Å². The zero-order chi connectivity index (χ0) is 11.3. The highest BCUT2D eigenvalue weighted by molar-refractivity contribution is 4.73. The van der Waals surface area contributed by atoms with Crippen LogP contribution in [0.1, 0.15) is 33.6 Å². The normalized spacial score (nSPS) is 24.4. The number of likely N-dealkylation sites (tertiary alicyclic amines) is 1. The molecular formula is C12H25NO2. The van der Waals surface area contributed by atoms with Gasteiger partial charge in [0.1, 0.15) is 0 Å². The highest BCUT2D eigenvalue weighted by atomic mass is 16.5. The van der Waals surface area contributed by atoms with Crippen LogP contribution in [0.5, 0.6) is 0 Å². The molecule has 0 radical (unpaired) electrons. The fraction of sp³-hybridized carbons (Fsp3) is 1.00. The van der Waals surface area contributed by atoms with Crippen molar-refractivity contribution in [3.05, 3.63) is 0 Å². The SMILES string of the molecule is CO[C@H]1CCCN(CCOC(C)(C)C)C1. The summed E-state index contributed by atoms with van der Waals surface area (Å²) >= 11 is 0. The molecule has 0 aromatic heterocycles. The van der Waals surface area contributed by atoms with Crippen LogP contribution in [0.15, 0.2) is 0 Å². The molecule has 1 aliphatic heterocycles. The maximum absolute atomic E-state index is 5.72. The Morgan fingerprint density at radius 3 is 2.67 bits per heavy atom. The van der Waals surface area contributed by atoms with Gasteiger partial charge in [-0.25, -0.2) is 0 Å². The van der Waals surface area contributed by atoms with Crippen LogP contribution in [-0.4, -0.2) is 50.0 Å². The van der Waals surface area contributed by atoms with Gasteiger partial charge in [-0.2, -0.15) is 0 Å². The molecule has 1 rings (SSSR count). The lowest BCUT2D eigenvalue weighted by Crippen LogP contribution is -2.41. The Kier molecular flexibility index (Phi) is 5.03. The van der Waals surface area contributed by atoms with Gasteiger partial charge in [-0.3, -0.25) is 4.90 Å². The molecule has 1 heterocycles. The predicted octanol–water partition coefficient (Wildman–Crippen LogP) is 1.91. The van der Waals surface area contributed by atoms with Gasteiger partial charge in [0, 0.05) is 20.2 Å². The third kappa shape index (κ3) is 5.50. The minimum atomic E-state index is -0.0174. The molecule has 90 valence electrons. The summed E-state index contributed by atoms with van der Waals surface area (Å²) in [5, 5.41) is 0. The monoisotopic (exact) mass is 215 g/mol. The Bertz CT molecular complexity index is 177. The van der Waals surface area contributed by atoms with Crippen LogP contribution >= 0.6 is 0 Å². The number of rotatable bonds is 4. The van der Waals surface area contributed by atoms with Crippen molar-refractivity contribution in [2.24, 2.45) is 0 Å². The Balaban J connectivity index is 2.15. The molecular weight excluding hydrogens is 190 g/mol. The zero-order valence-electron chi connectivity index (χ0n) is 10.6. The summed E-state index contributed by atoms with van der Waals surface area (Å²) in [5.74, 6) is 0. The Morgan fingerprint density at radius 1 is 1.33 bits per heavy atom. The van der Waals surface area contributed by atoms with E-state index < -0.39 is 0 Å². The lowest BCUT2D eigenvalue weighted by atomic mass is 10.1. The molecule has 0 aromatic rings. The smallest absolute Gasteiger partial charge is 0.0698 e. The summed E-state index contributed by atoms with van der Waals surface area (Å²) in [5.41, 5.74) is -0.0174. The van der Waals surface area contributed by atoms with Gasteiger partial charge >= 0.3 is 0 Å². The molecule has 0 aromatic carbocycles. The van der Waals surface area contributed by atoms with E-state index in [1.54, 1.807) is 7.11 Å². The van der Waals surface area contributed by atoms with Crippen molar-refractivity contribution in [1.82, 2.24) is 4.90 Å². The lowest BCUT2D eigenvalue weighted by Gasteiger charge is -2.32. The molecule has 1 atom stereocenters. The molecule has 3 heteroatoms. The van der Waals surface area contributed by atoms with Crippen molar-refractivity contribution in [3.63, 3.8) is 0 Å². The molecule has 0 bridgehead atoms. The fourth-order valence-corrected chi connectivity index (χ4v) is 1.89. The van der Waals surface area contributed by atoms with Crippen molar-refractivity contribution < 1.29 is 9.47 Å². The van der Waals surface area contributed by atoms with E-state index >= 15 is 0 Å². The van der Waals surface area contributed by atoms with E-state index in [9.17, 15) is 0 Å². The standard InChI is InChI=1S/C12H25NO2/c1-12(2,3)15-9-8-13-7-5-6-11(10-13)14-4/h11H,5-10H2,1-4H3/t11-/m0/s1. The van der Waals surface area contributed by atoms with E-state index in [1.165, 1.54) is 19.4 Å². The van der Waals surface area contributed by atoms with Crippen LogP contribution < -0.4 is 0 Å². The number of piperidine rings is 1. The van der Waals surface area contributed by atoms with E-state index in [0.717, 1.165) is 19.7 Å². The first-order chi connectivity index (χ1) is 7.01. The summed E-state index contributed by atoms with van der Waals surface area (Å²) < 4.78 is 11.1. The predicted molar refractivity (Wildman–Crippen MR) is 62.2 cm³/mol. The molecule has 1 saturated heterocycles. The molecule has 3 nitrogen and oxygen atoms in total. The van der Waals surface area contributed by atoms with Crippen molar-refractivity contribution in [2.75, 3.05) is 33.4 Å². The van der Waals surface area contributed by atoms with Gasteiger partial charge in [0.25, 0.3) is 0 Å². The van der Waals surface area contributed by atoms with Gasteiger partial charge in [0.05, 0.1) is 18.3 Å². The van der Waals surface area contributed by atoms with E-state index in [2.05, 4.69) is 25.7 Å². The molecule has 0 unspecified atom stereocenters. The highest BCUT2D eigenvalue weighted by Crippen LogP contribution is 2.13. The first-order valence-corrected chi connectivity index (χ1v) is 5.90. The fourth-order valence-electron chi connectivity index (χ4n) is 1.89. The van der Waals surface area contributed by atoms with Gasteiger partial charge in [0.15, 0.2) is 0 Å². The van der Waals surface area contributed by atoms with Crippen LogP contribution in [0.3, 0.4) is 0 Å². The average molecular weight is 215 g/mol. The van der Waals surface area contributed by atoms with Crippen LogP contribution in [0.2, 0.25) is 0 Å². The number of hydrogen-bond acceptors (Lipinski definition) is 3. The number of nitrogens with zero attached hydrogens (tertiary/aromatic N) is 1. The largest absolute Gasteiger partial charge is 0.380 e. The molecule has 15 heavy (non-hydrogen) atoms.